The maximum absolute atomic E-state index is 13.3. The van der Waals surface area contributed by atoms with E-state index in [4.69, 9.17) is 0 Å². The van der Waals surface area contributed by atoms with Crippen LogP contribution < -0.4 is 9.62 Å². The van der Waals surface area contributed by atoms with Crippen molar-refractivity contribution in [3.8, 4) is 0 Å². The lowest BCUT2D eigenvalue weighted by atomic mass is 10.0. The van der Waals surface area contributed by atoms with Crippen LogP contribution >= 0.6 is 11.8 Å². The van der Waals surface area contributed by atoms with Gasteiger partial charge >= 0.3 is 0 Å². The van der Waals surface area contributed by atoms with Gasteiger partial charge in [0.15, 0.2) is 0 Å². The minimum absolute atomic E-state index is 0.0340. The van der Waals surface area contributed by atoms with E-state index >= 15 is 0 Å². The van der Waals surface area contributed by atoms with Crippen molar-refractivity contribution in [2.24, 2.45) is 0 Å². The zero-order valence-corrected chi connectivity index (χ0v) is 18.6. The smallest absolute Gasteiger partial charge is 0.282 e. The van der Waals surface area contributed by atoms with E-state index in [0.717, 1.165) is 15.1 Å². The van der Waals surface area contributed by atoms with Gasteiger partial charge in [-0.1, -0.05) is 26.0 Å². The molecule has 0 atom stereocenters. The molecule has 4 rings (SSSR count). The van der Waals surface area contributed by atoms with Crippen LogP contribution in [-0.4, -0.2) is 31.5 Å². The maximum atomic E-state index is 13.3. The van der Waals surface area contributed by atoms with Crippen LogP contribution in [-0.2, 0) is 10.0 Å². The Morgan fingerprint density at radius 1 is 1.13 bits per heavy atom. The molecular weight excluding hydrogens is 438 g/mol. The predicted molar refractivity (Wildman–Crippen MR) is 122 cm³/mol. The van der Waals surface area contributed by atoms with Crippen molar-refractivity contribution in [2.75, 3.05) is 16.7 Å². The van der Waals surface area contributed by atoms with Gasteiger partial charge < -0.3 is 5.32 Å². The molecule has 0 saturated carbocycles. The van der Waals surface area contributed by atoms with Crippen molar-refractivity contribution >= 4 is 55.5 Å². The topological polar surface area (TPSA) is 110 Å². The molecule has 3 aromatic carbocycles. The van der Waals surface area contributed by atoms with E-state index in [-0.39, 0.29) is 26.6 Å². The highest BCUT2D eigenvalue weighted by atomic mass is 32.2. The summed E-state index contributed by atoms with van der Waals surface area (Å²) < 4.78 is 27.7. The van der Waals surface area contributed by atoms with Gasteiger partial charge in [0.2, 0.25) is 0 Å². The predicted octanol–water partition coefficient (Wildman–Crippen LogP) is 4.64. The lowest BCUT2D eigenvalue weighted by molar-refractivity contribution is -0.387. The molecule has 3 aromatic rings. The fourth-order valence-corrected chi connectivity index (χ4v) is 5.76. The van der Waals surface area contributed by atoms with Gasteiger partial charge in [-0.25, -0.2) is 8.42 Å². The summed E-state index contributed by atoms with van der Waals surface area (Å²) in [7, 11) is -2.62. The summed E-state index contributed by atoms with van der Waals surface area (Å²) in [6.45, 7) is 3.75. The van der Waals surface area contributed by atoms with Crippen LogP contribution in [0.2, 0.25) is 0 Å². The molecule has 0 aromatic heterocycles. The third kappa shape index (κ3) is 3.61. The summed E-state index contributed by atoms with van der Waals surface area (Å²) in [5.41, 5.74) is 1.29. The third-order valence-corrected chi connectivity index (χ3v) is 7.80. The highest BCUT2D eigenvalue weighted by molar-refractivity contribution is 8.00. The zero-order chi connectivity index (χ0) is 22.5. The van der Waals surface area contributed by atoms with Gasteiger partial charge in [0.1, 0.15) is 0 Å². The molecule has 0 unspecified atom stereocenters. The van der Waals surface area contributed by atoms with Crippen LogP contribution in [0.4, 0.5) is 17.1 Å². The molecule has 0 spiro atoms. The van der Waals surface area contributed by atoms with E-state index in [0.29, 0.717) is 16.9 Å². The second-order valence-corrected chi connectivity index (χ2v) is 11.0. The number of amides is 1. The number of sulfonamides is 1. The van der Waals surface area contributed by atoms with Crippen molar-refractivity contribution in [2.45, 2.75) is 28.9 Å². The molecule has 1 aliphatic rings. The first-order chi connectivity index (χ1) is 14.6. The van der Waals surface area contributed by atoms with Gasteiger partial charge in [0, 0.05) is 29.4 Å². The van der Waals surface area contributed by atoms with Gasteiger partial charge in [-0.3, -0.25) is 19.2 Å². The summed E-state index contributed by atoms with van der Waals surface area (Å²) in [6.07, 6.45) is 0. The van der Waals surface area contributed by atoms with Gasteiger partial charge in [-0.15, -0.1) is 11.8 Å². The largest absolute Gasteiger partial charge is 0.321 e. The summed E-state index contributed by atoms with van der Waals surface area (Å²) in [5, 5.41) is 15.7. The molecule has 0 saturated heterocycles. The molecule has 0 fully saturated rings. The number of nitro benzene ring substituents is 1. The first kappa shape index (κ1) is 21.1. The standard InChI is InChI=1S/C21H19N3O5S2/c1-12(2)30-19-11-15(7-8-18(19)24(26)27)31(28,29)23(3)14-9-13-5-4-6-17-20(13)16(10-14)21(25)22-17/h4-12H,1-3H3,(H,22,25). The highest BCUT2D eigenvalue weighted by Gasteiger charge is 2.28. The summed E-state index contributed by atoms with van der Waals surface area (Å²) in [4.78, 5) is 23.4. The molecular formula is C21H19N3O5S2. The highest BCUT2D eigenvalue weighted by Crippen LogP contribution is 2.38. The molecule has 8 nitrogen and oxygen atoms in total. The number of thioether (sulfide) groups is 1. The van der Waals surface area contributed by atoms with Crippen LogP contribution in [0.25, 0.3) is 10.8 Å². The second-order valence-electron chi connectivity index (χ2n) is 7.38. The molecule has 31 heavy (non-hydrogen) atoms. The molecule has 0 bridgehead atoms. The van der Waals surface area contributed by atoms with Crippen LogP contribution in [0.5, 0.6) is 0 Å². The lowest BCUT2D eigenvalue weighted by Crippen LogP contribution is -2.26. The van der Waals surface area contributed by atoms with E-state index in [1.54, 1.807) is 24.3 Å². The van der Waals surface area contributed by atoms with Crippen LogP contribution in [0.1, 0.15) is 24.2 Å². The number of hydrogen-bond acceptors (Lipinski definition) is 6. The number of rotatable bonds is 6. The second kappa shape index (κ2) is 7.54. The van der Waals surface area contributed by atoms with E-state index in [2.05, 4.69) is 5.32 Å². The Morgan fingerprint density at radius 3 is 2.55 bits per heavy atom. The average molecular weight is 458 g/mol. The number of hydrogen-bond donors (Lipinski definition) is 1. The Hall–Kier alpha value is -3.11. The molecule has 0 aliphatic carbocycles. The lowest BCUT2D eigenvalue weighted by Gasteiger charge is -2.21. The van der Waals surface area contributed by atoms with Crippen molar-refractivity contribution in [1.29, 1.82) is 0 Å². The number of anilines is 2. The molecule has 1 aliphatic heterocycles. The molecule has 0 radical (unpaired) electrons. The average Bonchev–Trinajstić information content (AvgIpc) is 3.03. The number of carbonyl (C=O) groups is 1. The fraction of sp³-hybridized carbons (Fsp3) is 0.190. The van der Waals surface area contributed by atoms with Gasteiger partial charge in [-0.2, -0.15) is 0 Å². The van der Waals surface area contributed by atoms with E-state index < -0.39 is 14.9 Å². The number of nitrogens with one attached hydrogen (secondary N) is 1. The van der Waals surface area contributed by atoms with Crippen molar-refractivity contribution in [1.82, 2.24) is 0 Å². The monoisotopic (exact) mass is 457 g/mol. The zero-order valence-electron chi connectivity index (χ0n) is 16.9. The van der Waals surface area contributed by atoms with Crippen molar-refractivity contribution < 1.29 is 18.1 Å². The summed E-state index contributed by atoms with van der Waals surface area (Å²) in [5.74, 6) is -0.287. The van der Waals surface area contributed by atoms with Crippen LogP contribution in [0, 0.1) is 10.1 Å². The van der Waals surface area contributed by atoms with Gasteiger partial charge in [0.05, 0.1) is 26.0 Å². The first-order valence-corrected chi connectivity index (χ1v) is 11.7. The molecule has 1 N–H and O–H groups in total. The fourth-order valence-electron chi connectivity index (χ4n) is 3.52. The minimum atomic E-state index is -4.02. The van der Waals surface area contributed by atoms with Gasteiger partial charge in [0.25, 0.3) is 21.6 Å². The SMILES string of the molecule is CC(C)Sc1cc(S(=O)(=O)N(C)c2cc3c4c(cccc4c2)NC3=O)ccc1[N+](=O)[O-]. The van der Waals surface area contributed by atoms with Crippen LogP contribution in [0.15, 0.2) is 58.3 Å². The quantitative estimate of drug-likeness (QED) is 0.328. The summed E-state index contributed by atoms with van der Waals surface area (Å²) in [6, 6.07) is 12.4. The van der Waals surface area contributed by atoms with Crippen LogP contribution in [0.3, 0.4) is 0 Å². The number of carbonyl (C=O) groups excluding carboxylic acids is 1. The van der Waals surface area contributed by atoms with E-state index in [1.807, 2.05) is 19.9 Å². The number of nitrogens with zero attached hydrogens (tertiary/aromatic N) is 2. The first-order valence-electron chi connectivity index (χ1n) is 9.42. The molecule has 1 heterocycles. The van der Waals surface area contributed by atoms with Crippen molar-refractivity contribution in [3.05, 3.63) is 64.2 Å². The minimum Gasteiger partial charge on any atom is -0.321 e. The number of benzene rings is 3. The molecule has 10 heteroatoms. The Morgan fingerprint density at radius 2 is 1.87 bits per heavy atom. The maximum Gasteiger partial charge on any atom is 0.282 e. The third-order valence-electron chi connectivity index (χ3n) is 4.97. The van der Waals surface area contributed by atoms with E-state index in [9.17, 15) is 23.3 Å². The Balaban J connectivity index is 1.80. The number of nitro groups is 1. The summed E-state index contributed by atoms with van der Waals surface area (Å²) >= 11 is 1.23. The van der Waals surface area contributed by atoms with Crippen molar-refractivity contribution in [3.63, 3.8) is 0 Å². The molecule has 160 valence electrons. The Kier molecular flexibility index (Phi) is 5.14. The molecule has 1 amide bonds. The Bertz CT molecular complexity index is 1350. The Labute approximate surface area is 183 Å². The van der Waals surface area contributed by atoms with Gasteiger partial charge in [-0.05, 0) is 35.7 Å². The van der Waals surface area contributed by atoms with E-state index in [1.165, 1.54) is 37.0 Å². The normalized spacial score (nSPS) is 13.0.